The van der Waals surface area contributed by atoms with Gasteiger partial charge in [-0.1, -0.05) is 12.1 Å². The second-order valence-corrected chi connectivity index (χ2v) is 7.05. The zero-order chi connectivity index (χ0) is 21.2. The van der Waals surface area contributed by atoms with E-state index in [1.54, 1.807) is 18.2 Å². The number of hydrogen-bond acceptors (Lipinski definition) is 7. The number of amides is 1. The molecule has 0 atom stereocenters. The van der Waals surface area contributed by atoms with Crippen molar-refractivity contribution < 1.29 is 28.6 Å². The number of aryl methyl sites for hydroxylation is 1. The minimum atomic E-state index is -0.575. The summed E-state index contributed by atoms with van der Waals surface area (Å²) in [5.41, 5.74) is 2.01. The Labute approximate surface area is 173 Å². The second kappa shape index (κ2) is 11.1. The number of Topliss-reactive ketones (excluding diaryl/α,β-unsaturated/α-hetero) is 1. The quantitative estimate of drug-likeness (QED) is 0.469. The van der Waals surface area contributed by atoms with Crippen LogP contribution in [0.5, 0.6) is 11.5 Å². The molecule has 0 aliphatic rings. The van der Waals surface area contributed by atoms with Crippen LogP contribution in [0.4, 0.5) is 5.69 Å². The predicted octanol–water partition coefficient (Wildman–Crippen LogP) is 3.11. The van der Waals surface area contributed by atoms with E-state index in [0.717, 1.165) is 17.3 Å². The van der Waals surface area contributed by atoms with Gasteiger partial charge in [-0.15, -0.1) is 11.8 Å². The number of thioether (sulfide) groups is 1. The minimum Gasteiger partial charge on any atom is -0.497 e. The molecule has 0 radical (unpaired) electrons. The number of carbonyl (C=O) groups is 3. The first-order valence-electron chi connectivity index (χ1n) is 8.78. The molecule has 2 aromatic carbocycles. The van der Waals surface area contributed by atoms with Crippen LogP contribution in [0, 0.1) is 6.92 Å². The highest BCUT2D eigenvalue weighted by Gasteiger charge is 2.16. The van der Waals surface area contributed by atoms with E-state index in [9.17, 15) is 14.4 Å². The van der Waals surface area contributed by atoms with Gasteiger partial charge in [0.15, 0.2) is 6.61 Å². The fourth-order valence-electron chi connectivity index (χ4n) is 2.44. The summed E-state index contributed by atoms with van der Waals surface area (Å²) in [6, 6.07) is 12.2. The van der Waals surface area contributed by atoms with Gasteiger partial charge in [0.1, 0.15) is 11.5 Å². The fraction of sp³-hybridized carbons (Fsp3) is 0.286. The summed E-state index contributed by atoms with van der Waals surface area (Å²) in [6.45, 7) is 1.52. The maximum Gasteiger partial charge on any atom is 0.316 e. The van der Waals surface area contributed by atoms with Crippen LogP contribution in [0.15, 0.2) is 42.5 Å². The van der Waals surface area contributed by atoms with Gasteiger partial charge in [0, 0.05) is 5.69 Å². The number of carbonyl (C=O) groups excluding carboxylic acids is 3. The van der Waals surface area contributed by atoms with Gasteiger partial charge in [0.25, 0.3) is 0 Å². The smallest absolute Gasteiger partial charge is 0.316 e. The molecule has 2 rings (SSSR count). The van der Waals surface area contributed by atoms with Crippen molar-refractivity contribution in [3.05, 3.63) is 53.6 Å². The zero-order valence-electron chi connectivity index (χ0n) is 16.5. The molecule has 0 fully saturated rings. The summed E-state index contributed by atoms with van der Waals surface area (Å²) in [6.07, 6.45) is 0. The van der Waals surface area contributed by atoms with Crippen molar-refractivity contribution in [2.75, 3.05) is 37.6 Å². The van der Waals surface area contributed by atoms with Gasteiger partial charge in [-0.3, -0.25) is 14.4 Å². The summed E-state index contributed by atoms with van der Waals surface area (Å²) < 4.78 is 15.3. The first-order chi connectivity index (χ1) is 13.9. The van der Waals surface area contributed by atoms with E-state index in [1.807, 2.05) is 25.1 Å². The zero-order valence-corrected chi connectivity index (χ0v) is 17.3. The van der Waals surface area contributed by atoms with Crippen LogP contribution in [0.3, 0.4) is 0 Å². The molecular weight excluding hydrogens is 394 g/mol. The Morgan fingerprint density at radius 3 is 2.48 bits per heavy atom. The molecule has 0 aliphatic carbocycles. The van der Waals surface area contributed by atoms with Gasteiger partial charge < -0.3 is 19.5 Å². The first-order valence-corrected chi connectivity index (χ1v) is 9.93. The van der Waals surface area contributed by atoms with E-state index < -0.39 is 18.4 Å². The number of esters is 1. The molecule has 29 heavy (non-hydrogen) atoms. The number of nitrogens with one attached hydrogen (secondary N) is 1. The first kappa shape index (κ1) is 22.3. The molecule has 154 valence electrons. The van der Waals surface area contributed by atoms with Gasteiger partial charge in [-0.05, 0) is 42.8 Å². The molecule has 0 spiro atoms. The maximum absolute atomic E-state index is 12.3. The number of ether oxygens (including phenoxy) is 3. The Bertz CT molecular complexity index is 883. The average molecular weight is 417 g/mol. The van der Waals surface area contributed by atoms with Crippen molar-refractivity contribution in [3.63, 3.8) is 0 Å². The Morgan fingerprint density at radius 2 is 1.79 bits per heavy atom. The summed E-state index contributed by atoms with van der Waals surface area (Å²) in [4.78, 5) is 36.1. The molecule has 0 aromatic heterocycles. The van der Waals surface area contributed by atoms with Crippen molar-refractivity contribution in [1.29, 1.82) is 0 Å². The molecule has 0 saturated heterocycles. The lowest BCUT2D eigenvalue weighted by atomic mass is 10.1. The summed E-state index contributed by atoms with van der Waals surface area (Å²) in [5, 5.41) is 2.76. The molecule has 0 saturated carbocycles. The number of ketones is 1. The van der Waals surface area contributed by atoms with Crippen molar-refractivity contribution in [3.8, 4) is 11.5 Å². The highest BCUT2D eigenvalue weighted by atomic mass is 32.2. The lowest BCUT2D eigenvalue weighted by Gasteiger charge is -2.10. The Balaban J connectivity index is 1.75. The van der Waals surface area contributed by atoms with E-state index in [2.05, 4.69) is 5.32 Å². The topological polar surface area (TPSA) is 90.9 Å². The third-order valence-electron chi connectivity index (χ3n) is 3.83. The number of hydrogen-bond donors (Lipinski definition) is 1. The van der Waals surface area contributed by atoms with Gasteiger partial charge >= 0.3 is 5.97 Å². The minimum absolute atomic E-state index is 0.0379. The molecule has 0 heterocycles. The van der Waals surface area contributed by atoms with Crippen LogP contribution < -0.4 is 14.8 Å². The van der Waals surface area contributed by atoms with Crippen LogP contribution in [0.1, 0.15) is 15.9 Å². The number of benzene rings is 2. The van der Waals surface area contributed by atoms with Crippen LogP contribution >= 0.6 is 11.8 Å². The Kier molecular flexibility index (Phi) is 8.54. The largest absolute Gasteiger partial charge is 0.497 e. The normalized spacial score (nSPS) is 10.2. The summed E-state index contributed by atoms with van der Waals surface area (Å²) in [5.74, 6) is -0.273. The molecule has 0 bridgehead atoms. The molecule has 7 nitrogen and oxygen atoms in total. The molecule has 2 aromatic rings. The number of anilines is 1. The molecule has 0 unspecified atom stereocenters. The van der Waals surface area contributed by atoms with Crippen molar-refractivity contribution in [2.45, 2.75) is 6.92 Å². The van der Waals surface area contributed by atoms with Crippen molar-refractivity contribution in [1.82, 2.24) is 0 Å². The SMILES string of the molecule is COc1ccc(OC)c(C(=O)COC(=O)CSCC(=O)Nc2cccc(C)c2)c1. The van der Waals surface area contributed by atoms with Crippen LogP contribution in [-0.4, -0.2) is 50.0 Å². The standard InChI is InChI=1S/C21H23NO6S/c1-14-5-4-6-15(9-14)22-20(24)12-29-13-21(25)28-11-18(23)17-10-16(26-2)7-8-19(17)27-3/h4-10H,11-13H2,1-3H3,(H,22,24). The molecule has 1 amide bonds. The van der Waals surface area contributed by atoms with Crippen LogP contribution in [0.25, 0.3) is 0 Å². The van der Waals surface area contributed by atoms with E-state index in [4.69, 9.17) is 14.2 Å². The van der Waals surface area contributed by atoms with Gasteiger partial charge in [0.05, 0.1) is 31.3 Å². The molecule has 1 N–H and O–H groups in total. The van der Waals surface area contributed by atoms with E-state index >= 15 is 0 Å². The monoisotopic (exact) mass is 417 g/mol. The predicted molar refractivity (Wildman–Crippen MR) is 112 cm³/mol. The van der Waals surface area contributed by atoms with Gasteiger partial charge in [0.2, 0.25) is 11.7 Å². The lowest BCUT2D eigenvalue weighted by Crippen LogP contribution is -2.18. The fourth-order valence-corrected chi connectivity index (χ4v) is 3.05. The lowest BCUT2D eigenvalue weighted by molar-refractivity contribution is -0.139. The third kappa shape index (κ3) is 7.15. The highest BCUT2D eigenvalue weighted by molar-refractivity contribution is 8.00. The number of methoxy groups -OCH3 is 2. The van der Waals surface area contributed by atoms with Crippen molar-refractivity contribution in [2.24, 2.45) is 0 Å². The summed E-state index contributed by atoms with van der Waals surface area (Å²) >= 11 is 1.11. The van der Waals surface area contributed by atoms with Gasteiger partial charge in [-0.25, -0.2) is 0 Å². The molecule has 0 aliphatic heterocycles. The van der Waals surface area contributed by atoms with Crippen LogP contribution in [-0.2, 0) is 14.3 Å². The maximum atomic E-state index is 12.3. The Hall–Kier alpha value is -3.00. The van der Waals surface area contributed by atoms with Crippen LogP contribution in [0.2, 0.25) is 0 Å². The number of rotatable bonds is 10. The molecular formula is C21H23NO6S. The van der Waals surface area contributed by atoms with E-state index in [-0.39, 0.29) is 23.0 Å². The van der Waals surface area contributed by atoms with E-state index in [0.29, 0.717) is 17.2 Å². The second-order valence-electron chi connectivity index (χ2n) is 6.06. The van der Waals surface area contributed by atoms with Crippen molar-refractivity contribution >= 4 is 35.1 Å². The summed E-state index contributed by atoms with van der Waals surface area (Å²) in [7, 11) is 2.94. The third-order valence-corrected chi connectivity index (χ3v) is 4.73. The molecule has 8 heteroatoms. The Morgan fingerprint density at radius 1 is 1.00 bits per heavy atom. The van der Waals surface area contributed by atoms with E-state index in [1.165, 1.54) is 20.3 Å². The average Bonchev–Trinajstić information content (AvgIpc) is 2.71. The highest BCUT2D eigenvalue weighted by Crippen LogP contribution is 2.24. The van der Waals surface area contributed by atoms with Gasteiger partial charge in [-0.2, -0.15) is 0 Å².